The van der Waals surface area contributed by atoms with Gasteiger partial charge in [-0.1, -0.05) is 12.1 Å². The molecular formula is C22H29N5O2. The summed E-state index contributed by atoms with van der Waals surface area (Å²) in [5.74, 6) is 2.08. The Morgan fingerprint density at radius 3 is 2.45 bits per heavy atom. The van der Waals surface area contributed by atoms with Gasteiger partial charge in [-0.3, -0.25) is 9.79 Å². The Morgan fingerprint density at radius 2 is 1.83 bits per heavy atom. The third kappa shape index (κ3) is 6.48. The number of aliphatic imine (C=N–C) groups is 1. The minimum Gasteiger partial charge on any atom is -0.477 e. The molecule has 0 aliphatic heterocycles. The van der Waals surface area contributed by atoms with Gasteiger partial charge in [0.25, 0.3) is 5.91 Å². The molecule has 29 heavy (non-hydrogen) atoms. The van der Waals surface area contributed by atoms with E-state index in [0.717, 1.165) is 17.7 Å². The van der Waals surface area contributed by atoms with Gasteiger partial charge < -0.3 is 20.3 Å². The van der Waals surface area contributed by atoms with Crippen molar-refractivity contribution in [1.29, 1.82) is 0 Å². The fourth-order valence-electron chi connectivity index (χ4n) is 2.74. The first-order valence-electron chi connectivity index (χ1n) is 9.88. The Hall–Kier alpha value is -3.09. The second kappa shape index (κ2) is 9.91. The summed E-state index contributed by atoms with van der Waals surface area (Å²) < 4.78 is 5.74. The summed E-state index contributed by atoms with van der Waals surface area (Å²) in [6.07, 6.45) is 4.29. The highest BCUT2D eigenvalue weighted by Gasteiger charge is 2.22. The number of pyridine rings is 1. The zero-order chi connectivity index (χ0) is 20.6. The highest BCUT2D eigenvalue weighted by atomic mass is 16.5. The zero-order valence-corrected chi connectivity index (χ0v) is 17.3. The van der Waals surface area contributed by atoms with Crippen molar-refractivity contribution in [2.24, 2.45) is 10.9 Å². The molecule has 3 rings (SSSR count). The van der Waals surface area contributed by atoms with Crippen molar-refractivity contribution in [2.75, 3.05) is 27.7 Å². The lowest BCUT2D eigenvalue weighted by Crippen LogP contribution is -2.36. The van der Waals surface area contributed by atoms with Crippen LogP contribution in [0.5, 0.6) is 5.88 Å². The summed E-state index contributed by atoms with van der Waals surface area (Å²) >= 11 is 0. The molecular weight excluding hydrogens is 366 g/mol. The van der Waals surface area contributed by atoms with E-state index in [2.05, 4.69) is 20.6 Å². The van der Waals surface area contributed by atoms with Gasteiger partial charge in [0.1, 0.15) is 0 Å². The number of carbonyl (C=O) groups is 1. The third-order valence-electron chi connectivity index (χ3n) is 4.71. The average Bonchev–Trinajstić information content (AvgIpc) is 3.57. The van der Waals surface area contributed by atoms with Gasteiger partial charge in [0, 0.05) is 52.1 Å². The molecule has 0 saturated heterocycles. The number of ether oxygens (including phenoxy) is 1. The number of carbonyl (C=O) groups excluding carboxylic acids is 1. The van der Waals surface area contributed by atoms with Crippen LogP contribution in [0.15, 0.2) is 47.6 Å². The van der Waals surface area contributed by atoms with Gasteiger partial charge in [-0.05, 0) is 48.1 Å². The Balaban J connectivity index is 1.47. The van der Waals surface area contributed by atoms with Crippen LogP contribution in [0, 0.1) is 5.92 Å². The summed E-state index contributed by atoms with van der Waals surface area (Å²) in [4.78, 5) is 22.1. The first-order valence-corrected chi connectivity index (χ1v) is 9.88. The second-order valence-corrected chi connectivity index (χ2v) is 7.43. The molecule has 0 spiro atoms. The number of benzene rings is 1. The predicted octanol–water partition coefficient (Wildman–Crippen LogP) is 2.44. The van der Waals surface area contributed by atoms with Gasteiger partial charge in [0.2, 0.25) is 5.88 Å². The molecule has 7 heteroatoms. The van der Waals surface area contributed by atoms with E-state index in [1.165, 1.54) is 12.8 Å². The molecule has 2 N–H and O–H groups in total. The van der Waals surface area contributed by atoms with Crippen molar-refractivity contribution in [3.05, 3.63) is 59.3 Å². The molecule has 1 aliphatic carbocycles. The molecule has 1 heterocycles. The highest BCUT2D eigenvalue weighted by Crippen LogP contribution is 2.29. The maximum absolute atomic E-state index is 12.0. The molecule has 1 aromatic heterocycles. The molecule has 1 amide bonds. The third-order valence-corrected chi connectivity index (χ3v) is 4.71. The quantitative estimate of drug-likeness (QED) is 0.530. The summed E-state index contributed by atoms with van der Waals surface area (Å²) in [7, 11) is 5.24. The first kappa shape index (κ1) is 20.6. The molecule has 0 atom stereocenters. The summed E-state index contributed by atoms with van der Waals surface area (Å²) in [6, 6.07) is 11.5. The van der Waals surface area contributed by atoms with E-state index in [1.54, 1.807) is 32.2 Å². The second-order valence-electron chi connectivity index (χ2n) is 7.43. The molecule has 1 aromatic carbocycles. The highest BCUT2D eigenvalue weighted by molar-refractivity contribution is 5.93. The van der Waals surface area contributed by atoms with Crippen LogP contribution in [0.3, 0.4) is 0 Å². The van der Waals surface area contributed by atoms with Gasteiger partial charge in [-0.15, -0.1) is 0 Å². The molecule has 154 valence electrons. The van der Waals surface area contributed by atoms with Crippen molar-refractivity contribution < 1.29 is 9.53 Å². The maximum atomic E-state index is 12.0. The van der Waals surface area contributed by atoms with E-state index >= 15 is 0 Å². The fourth-order valence-corrected chi connectivity index (χ4v) is 2.74. The predicted molar refractivity (Wildman–Crippen MR) is 114 cm³/mol. The Labute approximate surface area is 172 Å². The van der Waals surface area contributed by atoms with Crippen molar-refractivity contribution in [3.63, 3.8) is 0 Å². The topological polar surface area (TPSA) is 78.9 Å². The van der Waals surface area contributed by atoms with Gasteiger partial charge in [0.05, 0.1) is 6.61 Å². The summed E-state index contributed by atoms with van der Waals surface area (Å²) in [5.41, 5.74) is 2.84. The maximum Gasteiger partial charge on any atom is 0.253 e. The largest absolute Gasteiger partial charge is 0.477 e. The van der Waals surface area contributed by atoms with Crippen molar-refractivity contribution in [1.82, 2.24) is 20.5 Å². The molecule has 2 aromatic rings. The number of aromatic nitrogens is 1. The van der Waals surface area contributed by atoms with Crippen molar-refractivity contribution >= 4 is 11.9 Å². The average molecular weight is 396 g/mol. The number of guanidine groups is 1. The Kier molecular flexibility index (Phi) is 7.05. The van der Waals surface area contributed by atoms with Gasteiger partial charge in [0.15, 0.2) is 5.96 Å². The van der Waals surface area contributed by atoms with E-state index in [-0.39, 0.29) is 5.91 Å². The zero-order valence-electron chi connectivity index (χ0n) is 17.3. The lowest BCUT2D eigenvalue weighted by Gasteiger charge is -2.13. The molecule has 1 aliphatic rings. The fraction of sp³-hybridized carbons (Fsp3) is 0.409. The molecule has 0 bridgehead atoms. The first-order chi connectivity index (χ1) is 14.0. The van der Waals surface area contributed by atoms with Gasteiger partial charge >= 0.3 is 0 Å². The van der Waals surface area contributed by atoms with Gasteiger partial charge in [-0.25, -0.2) is 4.98 Å². The smallest absolute Gasteiger partial charge is 0.253 e. The number of hydrogen-bond donors (Lipinski definition) is 2. The number of hydrogen-bond acceptors (Lipinski definition) is 4. The molecule has 0 unspecified atom stereocenters. The van der Waals surface area contributed by atoms with Crippen molar-refractivity contribution in [2.45, 2.75) is 25.9 Å². The van der Waals surface area contributed by atoms with Crippen LogP contribution in [0.4, 0.5) is 0 Å². The minimum absolute atomic E-state index is 0.000170. The monoisotopic (exact) mass is 395 g/mol. The van der Waals surface area contributed by atoms with Crippen molar-refractivity contribution in [3.8, 4) is 5.88 Å². The van der Waals surface area contributed by atoms with E-state index in [1.807, 2.05) is 36.4 Å². The van der Waals surface area contributed by atoms with E-state index in [4.69, 9.17) is 4.74 Å². The lowest BCUT2D eigenvalue weighted by atomic mass is 10.1. The van der Waals surface area contributed by atoms with Crippen LogP contribution in [0.25, 0.3) is 0 Å². The number of nitrogens with zero attached hydrogens (tertiary/aromatic N) is 3. The van der Waals surface area contributed by atoms with Crippen LogP contribution in [0.2, 0.25) is 0 Å². The summed E-state index contributed by atoms with van der Waals surface area (Å²) in [5, 5.41) is 6.59. The number of nitrogens with one attached hydrogen (secondary N) is 2. The SMILES string of the molecule is CN=C(NCc1ccc(C(=O)N(C)C)cc1)NCc1ccnc(OCC2CC2)c1. The molecule has 7 nitrogen and oxygen atoms in total. The van der Waals surface area contributed by atoms with Crippen LogP contribution in [-0.4, -0.2) is 49.5 Å². The Bertz CT molecular complexity index is 845. The normalized spacial score (nSPS) is 13.7. The van der Waals surface area contributed by atoms with Gasteiger partial charge in [-0.2, -0.15) is 0 Å². The van der Waals surface area contributed by atoms with E-state index in [0.29, 0.717) is 36.4 Å². The Morgan fingerprint density at radius 1 is 1.14 bits per heavy atom. The van der Waals surface area contributed by atoms with Crippen LogP contribution >= 0.6 is 0 Å². The summed E-state index contributed by atoms with van der Waals surface area (Å²) in [6.45, 7) is 1.99. The van der Waals surface area contributed by atoms with E-state index in [9.17, 15) is 4.79 Å². The molecule has 1 saturated carbocycles. The minimum atomic E-state index is -0.000170. The number of rotatable bonds is 8. The lowest BCUT2D eigenvalue weighted by molar-refractivity contribution is 0.0827. The van der Waals surface area contributed by atoms with Crippen LogP contribution in [-0.2, 0) is 13.1 Å². The van der Waals surface area contributed by atoms with Crippen LogP contribution < -0.4 is 15.4 Å². The van der Waals surface area contributed by atoms with E-state index < -0.39 is 0 Å². The molecule has 0 radical (unpaired) electrons. The standard InChI is InChI=1S/C22H29N5O2/c1-23-22(25-13-16-6-8-19(9-7-16)21(28)27(2)3)26-14-18-10-11-24-20(12-18)29-15-17-4-5-17/h6-12,17H,4-5,13-15H2,1-3H3,(H2,23,25,26). The number of amides is 1. The van der Waals surface area contributed by atoms with Crippen LogP contribution in [0.1, 0.15) is 34.3 Å². The molecule has 1 fully saturated rings.